The average molecular weight is 287 g/mol. The molecule has 2 N–H and O–H groups in total. The maximum absolute atomic E-state index is 12.6. The standard InChI is InChI=1S/C12H21N3O3S/c1-10(2)15(7-8-18-3)19(16,17)12-5-4-6-14-11(12)9-13/h4-6,10H,7-9,13H2,1-3H3. The van der Waals surface area contributed by atoms with Crippen LogP contribution in [0.3, 0.4) is 0 Å². The van der Waals surface area contributed by atoms with E-state index in [0.717, 1.165) is 0 Å². The van der Waals surface area contributed by atoms with Gasteiger partial charge in [-0.1, -0.05) is 0 Å². The molecule has 0 spiro atoms. The van der Waals surface area contributed by atoms with E-state index in [2.05, 4.69) is 4.98 Å². The van der Waals surface area contributed by atoms with Crippen LogP contribution in [0.2, 0.25) is 0 Å². The zero-order valence-electron chi connectivity index (χ0n) is 11.5. The molecule has 1 aromatic rings. The Morgan fingerprint density at radius 1 is 1.47 bits per heavy atom. The van der Waals surface area contributed by atoms with Gasteiger partial charge in [0.05, 0.1) is 12.3 Å². The molecule has 19 heavy (non-hydrogen) atoms. The SMILES string of the molecule is COCCN(C(C)C)S(=O)(=O)c1cccnc1CN. The number of methoxy groups -OCH3 is 1. The lowest BCUT2D eigenvalue weighted by Gasteiger charge is -2.26. The molecule has 0 unspecified atom stereocenters. The Balaban J connectivity index is 3.19. The molecule has 0 amide bonds. The van der Waals surface area contributed by atoms with Crippen LogP contribution in [0.15, 0.2) is 23.2 Å². The largest absolute Gasteiger partial charge is 0.383 e. The van der Waals surface area contributed by atoms with Gasteiger partial charge in [0.2, 0.25) is 10.0 Å². The Hall–Kier alpha value is -1.02. The highest BCUT2D eigenvalue weighted by Crippen LogP contribution is 2.20. The van der Waals surface area contributed by atoms with Crippen molar-refractivity contribution in [3.63, 3.8) is 0 Å². The average Bonchev–Trinajstić information content (AvgIpc) is 2.38. The van der Waals surface area contributed by atoms with Crippen LogP contribution in [0.4, 0.5) is 0 Å². The third-order valence-electron chi connectivity index (χ3n) is 2.72. The number of nitrogens with zero attached hydrogens (tertiary/aromatic N) is 2. The van der Waals surface area contributed by atoms with Gasteiger partial charge >= 0.3 is 0 Å². The smallest absolute Gasteiger partial charge is 0.245 e. The summed E-state index contributed by atoms with van der Waals surface area (Å²) in [5.41, 5.74) is 5.93. The Morgan fingerprint density at radius 3 is 2.68 bits per heavy atom. The van der Waals surface area contributed by atoms with Gasteiger partial charge < -0.3 is 10.5 Å². The van der Waals surface area contributed by atoms with Gasteiger partial charge in [0.15, 0.2) is 0 Å². The summed E-state index contributed by atoms with van der Waals surface area (Å²) in [4.78, 5) is 4.19. The van der Waals surface area contributed by atoms with Crippen LogP contribution in [0, 0.1) is 0 Å². The molecule has 0 aromatic carbocycles. The van der Waals surface area contributed by atoms with E-state index < -0.39 is 10.0 Å². The van der Waals surface area contributed by atoms with E-state index in [1.54, 1.807) is 13.2 Å². The lowest BCUT2D eigenvalue weighted by molar-refractivity contribution is 0.171. The number of pyridine rings is 1. The highest BCUT2D eigenvalue weighted by atomic mass is 32.2. The van der Waals surface area contributed by atoms with Crippen molar-refractivity contribution < 1.29 is 13.2 Å². The molecule has 1 rings (SSSR count). The molecule has 6 nitrogen and oxygen atoms in total. The number of nitrogens with two attached hydrogens (primary N) is 1. The Kier molecular flexibility index (Phi) is 5.86. The number of sulfonamides is 1. The lowest BCUT2D eigenvalue weighted by atomic mass is 10.3. The van der Waals surface area contributed by atoms with Crippen LogP contribution in [0.5, 0.6) is 0 Å². The van der Waals surface area contributed by atoms with Crippen LogP contribution in [-0.4, -0.2) is 44.0 Å². The molecule has 0 saturated carbocycles. The fraction of sp³-hybridized carbons (Fsp3) is 0.583. The second-order valence-electron chi connectivity index (χ2n) is 4.35. The number of rotatable bonds is 7. The minimum absolute atomic E-state index is 0.0889. The molecule has 0 saturated heterocycles. The maximum Gasteiger partial charge on any atom is 0.245 e. The van der Waals surface area contributed by atoms with Crippen LogP contribution in [0.1, 0.15) is 19.5 Å². The number of hydrogen-bond donors (Lipinski definition) is 1. The summed E-state index contributed by atoms with van der Waals surface area (Å²) in [6.07, 6.45) is 1.54. The fourth-order valence-electron chi connectivity index (χ4n) is 1.77. The van der Waals surface area contributed by atoms with Crippen molar-refractivity contribution in [2.24, 2.45) is 5.73 Å². The number of ether oxygens (including phenoxy) is 1. The summed E-state index contributed by atoms with van der Waals surface area (Å²) < 4.78 is 31.6. The predicted molar refractivity (Wildman–Crippen MR) is 73.0 cm³/mol. The highest BCUT2D eigenvalue weighted by molar-refractivity contribution is 7.89. The molecule has 0 radical (unpaired) electrons. The summed E-state index contributed by atoms with van der Waals surface area (Å²) >= 11 is 0. The van der Waals surface area contributed by atoms with Crippen LogP contribution in [0.25, 0.3) is 0 Å². The van der Waals surface area contributed by atoms with E-state index in [4.69, 9.17) is 10.5 Å². The third kappa shape index (κ3) is 3.73. The highest BCUT2D eigenvalue weighted by Gasteiger charge is 2.28. The molecule has 0 aliphatic heterocycles. The molecule has 0 aliphatic carbocycles. The summed E-state index contributed by atoms with van der Waals surface area (Å²) in [6.45, 7) is 4.38. The Bertz CT molecular complexity index is 503. The van der Waals surface area contributed by atoms with E-state index >= 15 is 0 Å². The van der Waals surface area contributed by atoms with E-state index in [9.17, 15) is 8.42 Å². The predicted octanol–water partition coefficient (Wildman–Crippen LogP) is 0.586. The van der Waals surface area contributed by atoms with E-state index in [-0.39, 0.29) is 17.5 Å². The Morgan fingerprint density at radius 2 is 2.16 bits per heavy atom. The first-order valence-corrected chi connectivity index (χ1v) is 7.54. The fourth-order valence-corrected chi connectivity index (χ4v) is 3.58. The van der Waals surface area contributed by atoms with Gasteiger partial charge in [-0.05, 0) is 26.0 Å². The minimum atomic E-state index is -3.60. The lowest BCUT2D eigenvalue weighted by Crippen LogP contribution is -2.39. The molecule has 108 valence electrons. The third-order valence-corrected chi connectivity index (χ3v) is 4.87. The van der Waals surface area contributed by atoms with E-state index in [1.807, 2.05) is 13.8 Å². The summed E-state index contributed by atoms with van der Waals surface area (Å²) in [5, 5.41) is 0. The molecule has 1 heterocycles. The van der Waals surface area contributed by atoms with Crippen molar-refractivity contribution in [1.82, 2.24) is 9.29 Å². The summed E-state index contributed by atoms with van der Waals surface area (Å²) in [7, 11) is -2.06. The van der Waals surface area contributed by atoms with Crippen LogP contribution < -0.4 is 5.73 Å². The monoisotopic (exact) mass is 287 g/mol. The van der Waals surface area contributed by atoms with E-state index in [1.165, 1.54) is 16.6 Å². The Labute approximate surface area is 114 Å². The molecule has 0 fully saturated rings. The first kappa shape index (κ1) is 16.0. The second-order valence-corrected chi connectivity index (χ2v) is 6.21. The molecule has 1 aromatic heterocycles. The normalized spacial score (nSPS) is 12.3. The van der Waals surface area contributed by atoms with Crippen molar-refractivity contribution >= 4 is 10.0 Å². The van der Waals surface area contributed by atoms with Gasteiger partial charge in [-0.15, -0.1) is 0 Å². The van der Waals surface area contributed by atoms with Gasteiger partial charge in [-0.3, -0.25) is 4.98 Å². The summed E-state index contributed by atoms with van der Waals surface area (Å²) in [5.74, 6) is 0. The first-order chi connectivity index (χ1) is 8.95. The molecule has 0 atom stereocenters. The van der Waals surface area contributed by atoms with Crippen molar-refractivity contribution in [3.8, 4) is 0 Å². The van der Waals surface area contributed by atoms with Crippen molar-refractivity contribution in [2.45, 2.75) is 31.3 Å². The molecule has 0 aliphatic rings. The van der Waals surface area contributed by atoms with Crippen molar-refractivity contribution in [3.05, 3.63) is 24.0 Å². The van der Waals surface area contributed by atoms with Gasteiger partial charge in [0.25, 0.3) is 0 Å². The number of aromatic nitrogens is 1. The molecular weight excluding hydrogens is 266 g/mol. The first-order valence-electron chi connectivity index (χ1n) is 6.10. The van der Waals surface area contributed by atoms with Gasteiger partial charge in [-0.25, -0.2) is 8.42 Å². The number of hydrogen-bond acceptors (Lipinski definition) is 5. The molecular formula is C12H21N3O3S. The van der Waals surface area contributed by atoms with Gasteiger partial charge in [0.1, 0.15) is 4.90 Å². The quantitative estimate of drug-likeness (QED) is 0.793. The zero-order chi connectivity index (χ0) is 14.5. The zero-order valence-corrected chi connectivity index (χ0v) is 12.4. The topological polar surface area (TPSA) is 85.5 Å². The maximum atomic E-state index is 12.6. The van der Waals surface area contributed by atoms with E-state index in [0.29, 0.717) is 18.8 Å². The van der Waals surface area contributed by atoms with Gasteiger partial charge in [-0.2, -0.15) is 4.31 Å². The molecule has 0 bridgehead atoms. The minimum Gasteiger partial charge on any atom is -0.383 e. The van der Waals surface area contributed by atoms with Crippen molar-refractivity contribution in [2.75, 3.05) is 20.3 Å². The van der Waals surface area contributed by atoms with Crippen LogP contribution in [-0.2, 0) is 21.3 Å². The summed E-state index contributed by atoms with van der Waals surface area (Å²) in [6, 6.07) is 2.97. The molecule has 7 heteroatoms. The van der Waals surface area contributed by atoms with Crippen molar-refractivity contribution in [1.29, 1.82) is 0 Å². The van der Waals surface area contributed by atoms with Gasteiger partial charge in [0, 0.05) is 32.4 Å². The second kappa shape index (κ2) is 6.95. The van der Waals surface area contributed by atoms with Crippen LogP contribution >= 0.6 is 0 Å².